The Morgan fingerprint density at radius 2 is 1.71 bits per heavy atom. The molecule has 9 nitrogen and oxygen atoms in total. The molecular weight excluding hydrogens is 501 g/mol. The van der Waals surface area contributed by atoms with Crippen LogP contribution in [0.3, 0.4) is 0 Å². The van der Waals surface area contributed by atoms with Crippen molar-refractivity contribution in [1.82, 2.24) is 20.5 Å². The maximum Gasteiger partial charge on any atom is 0.433 e. The predicted molar refractivity (Wildman–Crippen MR) is 134 cm³/mol. The minimum absolute atomic E-state index is 0.00254. The molecule has 2 aromatic carbocycles. The van der Waals surface area contributed by atoms with Gasteiger partial charge in [0.25, 0.3) is 11.8 Å². The van der Waals surface area contributed by atoms with E-state index in [1.807, 2.05) is 12.1 Å². The molecule has 1 fully saturated rings. The number of pyridine rings is 1. The van der Waals surface area contributed by atoms with E-state index >= 15 is 0 Å². The average molecular weight is 525 g/mol. The molecule has 1 saturated heterocycles. The van der Waals surface area contributed by atoms with E-state index < -0.39 is 17.8 Å². The molecule has 3 N–H and O–H groups in total. The molecule has 12 heteroatoms. The van der Waals surface area contributed by atoms with E-state index in [1.54, 1.807) is 30.3 Å². The number of H-pyrrole nitrogens is 1. The molecule has 1 aliphatic heterocycles. The van der Waals surface area contributed by atoms with Crippen LogP contribution in [0.25, 0.3) is 10.9 Å². The van der Waals surface area contributed by atoms with Gasteiger partial charge >= 0.3 is 6.18 Å². The van der Waals surface area contributed by atoms with Crippen LogP contribution in [0, 0.1) is 0 Å². The lowest BCUT2D eigenvalue weighted by Crippen LogP contribution is -2.36. The van der Waals surface area contributed by atoms with Gasteiger partial charge in [-0.3, -0.25) is 19.7 Å². The van der Waals surface area contributed by atoms with Gasteiger partial charge < -0.3 is 20.3 Å². The number of fused-ring (bicyclic) bond motifs is 1. The van der Waals surface area contributed by atoms with Crippen LogP contribution in [0.15, 0.2) is 60.8 Å². The van der Waals surface area contributed by atoms with Crippen LogP contribution in [0.1, 0.15) is 32.0 Å². The van der Waals surface area contributed by atoms with Gasteiger partial charge in [-0.05, 0) is 54.1 Å². The summed E-state index contributed by atoms with van der Waals surface area (Å²) in [4.78, 5) is 31.1. The van der Waals surface area contributed by atoms with Crippen molar-refractivity contribution in [3.63, 3.8) is 0 Å². The summed E-state index contributed by atoms with van der Waals surface area (Å²) in [6, 6.07) is 14.2. The maximum absolute atomic E-state index is 12.9. The average Bonchev–Trinajstić information content (AvgIpc) is 3.33. The monoisotopic (exact) mass is 524 g/mol. The van der Waals surface area contributed by atoms with Gasteiger partial charge in [-0.1, -0.05) is 6.07 Å². The first-order valence-corrected chi connectivity index (χ1v) is 11.8. The molecule has 0 atom stereocenters. The highest BCUT2D eigenvalue weighted by molar-refractivity contribution is 6.09. The van der Waals surface area contributed by atoms with Crippen LogP contribution in [0.4, 0.5) is 24.7 Å². The zero-order chi connectivity index (χ0) is 26.7. The Labute approximate surface area is 215 Å². The van der Waals surface area contributed by atoms with Crippen LogP contribution >= 0.6 is 0 Å². The summed E-state index contributed by atoms with van der Waals surface area (Å²) in [5.74, 6) is -0.524. The van der Waals surface area contributed by atoms with Crippen LogP contribution in [0.2, 0.25) is 0 Å². The number of anilines is 2. The third-order valence-electron chi connectivity index (χ3n) is 6.13. The number of hydrogen-bond acceptors (Lipinski definition) is 6. The Kier molecular flexibility index (Phi) is 6.97. The number of nitrogens with one attached hydrogen (secondary N) is 3. The van der Waals surface area contributed by atoms with E-state index in [0.29, 0.717) is 40.8 Å². The molecule has 0 bridgehead atoms. The molecule has 2 amide bonds. The number of nitrogens with zero attached hydrogens (tertiary/aromatic N) is 3. The maximum atomic E-state index is 12.9. The van der Waals surface area contributed by atoms with E-state index in [9.17, 15) is 22.8 Å². The number of aromatic nitrogens is 3. The number of carbonyl (C=O) groups excluding carboxylic acids is 2. The van der Waals surface area contributed by atoms with Gasteiger partial charge in [-0.2, -0.15) is 18.3 Å². The molecule has 0 unspecified atom stereocenters. The van der Waals surface area contributed by atoms with Crippen molar-refractivity contribution in [1.29, 1.82) is 0 Å². The molecule has 196 valence electrons. The fourth-order valence-electron chi connectivity index (χ4n) is 4.06. The van der Waals surface area contributed by atoms with Crippen molar-refractivity contribution in [2.45, 2.75) is 12.7 Å². The normalized spacial score (nSPS) is 13.9. The third-order valence-corrected chi connectivity index (χ3v) is 6.13. The van der Waals surface area contributed by atoms with Gasteiger partial charge in [-0.15, -0.1) is 0 Å². The van der Waals surface area contributed by atoms with E-state index in [2.05, 4.69) is 30.7 Å². The van der Waals surface area contributed by atoms with Gasteiger partial charge in [-0.25, -0.2) is 0 Å². The first-order valence-electron chi connectivity index (χ1n) is 11.8. The molecule has 38 heavy (non-hydrogen) atoms. The third kappa shape index (κ3) is 5.59. The Morgan fingerprint density at radius 1 is 0.974 bits per heavy atom. The topological polar surface area (TPSA) is 112 Å². The molecular formula is C26H23F3N6O3. The second-order valence-electron chi connectivity index (χ2n) is 8.67. The minimum atomic E-state index is -4.53. The molecule has 2 aromatic heterocycles. The van der Waals surface area contributed by atoms with Crippen LogP contribution < -0.4 is 15.5 Å². The van der Waals surface area contributed by atoms with Crippen LogP contribution in [0.5, 0.6) is 0 Å². The van der Waals surface area contributed by atoms with Crippen molar-refractivity contribution in [3.8, 4) is 0 Å². The van der Waals surface area contributed by atoms with Gasteiger partial charge in [0, 0.05) is 48.0 Å². The highest BCUT2D eigenvalue weighted by Crippen LogP contribution is 2.27. The predicted octanol–water partition coefficient (Wildman–Crippen LogP) is 4.00. The van der Waals surface area contributed by atoms with Crippen molar-refractivity contribution in [3.05, 3.63) is 83.2 Å². The number of hydrogen-bond donors (Lipinski definition) is 3. The number of carbonyl (C=O) groups is 2. The summed E-state index contributed by atoms with van der Waals surface area (Å²) < 4.78 is 43.4. The lowest BCUT2D eigenvalue weighted by molar-refractivity contribution is -0.141. The Bertz CT molecular complexity index is 1450. The number of morpholine rings is 1. The minimum Gasteiger partial charge on any atom is -0.378 e. The molecule has 1 aliphatic rings. The summed E-state index contributed by atoms with van der Waals surface area (Å²) >= 11 is 0. The molecule has 0 radical (unpaired) electrons. The lowest BCUT2D eigenvalue weighted by Gasteiger charge is -2.28. The number of halogens is 3. The molecule has 4 aromatic rings. The second kappa shape index (κ2) is 10.5. The second-order valence-corrected chi connectivity index (χ2v) is 8.67. The van der Waals surface area contributed by atoms with Crippen LogP contribution in [-0.4, -0.2) is 53.3 Å². The van der Waals surface area contributed by atoms with Crippen molar-refractivity contribution in [2.75, 3.05) is 36.5 Å². The fourth-order valence-corrected chi connectivity index (χ4v) is 4.06. The largest absolute Gasteiger partial charge is 0.433 e. The number of ether oxygens (including phenoxy) is 1. The first kappa shape index (κ1) is 25.2. The smallest absolute Gasteiger partial charge is 0.378 e. The molecule has 3 heterocycles. The highest BCUT2D eigenvalue weighted by atomic mass is 19.4. The van der Waals surface area contributed by atoms with E-state index in [-0.39, 0.29) is 18.3 Å². The van der Waals surface area contributed by atoms with Crippen LogP contribution in [-0.2, 0) is 17.5 Å². The molecule has 5 rings (SSSR count). The molecule has 0 spiro atoms. The summed E-state index contributed by atoms with van der Waals surface area (Å²) in [6.45, 7) is 2.92. The van der Waals surface area contributed by atoms with Gasteiger partial charge in [0.05, 0.1) is 18.7 Å². The van der Waals surface area contributed by atoms with Gasteiger partial charge in [0.2, 0.25) is 0 Å². The lowest BCUT2D eigenvalue weighted by atomic mass is 10.1. The van der Waals surface area contributed by atoms with E-state index in [4.69, 9.17) is 4.74 Å². The Hall–Kier alpha value is -4.45. The van der Waals surface area contributed by atoms with Crippen molar-refractivity contribution in [2.24, 2.45) is 0 Å². The van der Waals surface area contributed by atoms with E-state index in [1.165, 1.54) is 6.07 Å². The number of aromatic amines is 1. The highest BCUT2D eigenvalue weighted by Gasteiger charge is 2.32. The zero-order valence-electron chi connectivity index (χ0n) is 20.0. The summed E-state index contributed by atoms with van der Waals surface area (Å²) in [7, 11) is 0. The van der Waals surface area contributed by atoms with Gasteiger partial charge in [0.15, 0.2) is 5.82 Å². The summed E-state index contributed by atoms with van der Waals surface area (Å²) in [5, 5.41) is 13.0. The number of rotatable bonds is 6. The Balaban J connectivity index is 1.24. The summed E-state index contributed by atoms with van der Waals surface area (Å²) in [6.07, 6.45) is -3.45. The number of benzene rings is 2. The first-order chi connectivity index (χ1) is 18.3. The van der Waals surface area contributed by atoms with E-state index in [0.717, 1.165) is 31.0 Å². The zero-order valence-corrected chi connectivity index (χ0v) is 20.0. The van der Waals surface area contributed by atoms with Gasteiger partial charge in [0.1, 0.15) is 5.69 Å². The quantitative estimate of drug-likeness (QED) is 0.352. The SMILES string of the molecule is O=C(NCc1ccc(C(F)(F)F)nc1)c1ccc2[nH]nc(NC(=O)c3ccc(N4CCOCC4)cc3)c2c1. The number of amides is 2. The molecule has 0 aliphatic carbocycles. The molecule has 0 saturated carbocycles. The fraction of sp³-hybridized carbons (Fsp3) is 0.231. The van der Waals surface area contributed by atoms with Crippen molar-refractivity contribution < 1.29 is 27.5 Å². The Morgan fingerprint density at radius 3 is 2.39 bits per heavy atom. The van der Waals surface area contributed by atoms with Crippen molar-refractivity contribution >= 4 is 34.2 Å². The summed E-state index contributed by atoms with van der Waals surface area (Å²) in [5.41, 5.74) is 1.80. The standard InChI is InChI=1S/C26H23F3N6O3/c27-26(28,29)22-8-1-16(14-30-22)15-31-24(36)18-4-7-21-20(13-18)23(34-33-21)32-25(37)17-2-5-19(6-3-17)35-9-11-38-12-10-35/h1-8,13-14H,9-12,15H2,(H,31,36)(H2,32,33,34,37). The number of alkyl halides is 3.